The highest BCUT2D eigenvalue weighted by Crippen LogP contribution is 2.26. The molecule has 100 valence electrons. The maximum Gasteiger partial charge on any atom is 0.493 e. The fourth-order valence-electron chi connectivity index (χ4n) is 1.64. The van der Waals surface area contributed by atoms with Crippen LogP contribution in [0.1, 0.15) is 16.7 Å². The number of allylic oxidation sites excluding steroid dienone is 1. The first-order valence-electron chi connectivity index (χ1n) is 5.14. The average Bonchev–Trinajstić information content (AvgIpc) is 2.74. The van der Waals surface area contributed by atoms with Crippen molar-refractivity contribution in [1.29, 1.82) is 0 Å². The number of fused-ring (bicyclic) bond motifs is 1. The fraction of sp³-hybridized carbons (Fsp3) is 0.167. The highest BCUT2D eigenvalue weighted by Gasteiger charge is 2.41. The van der Waals surface area contributed by atoms with Crippen molar-refractivity contribution in [1.82, 2.24) is 0 Å². The lowest BCUT2D eigenvalue weighted by Crippen LogP contribution is -2.24. The molecular formula is C12H7F4NO2. The van der Waals surface area contributed by atoms with Gasteiger partial charge in [-0.2, -0.15) is 13.2 Å². The van der Waals surface area contributed by atoms with E-state index in [1.54, 1.807) is 6.92 Å². The third kappa shape index (κ3) is 2.49. The second-order valence-electron chi connectivity index (χ2n) is 3.84. The number of nitrogens with zero attached hydrogens (tertiary/aromatic N) is 1. The number of oxime groups is 1. The Morgan fingerprint density at radius 1 is 1.26 bits per heavy atom. The maximum absolute atomic E-state index is 13.6. The molecule has 2 rings (SSSR count). The summed E-state index contributed by atoms with van der Waals surface area (Å²) in [6.07, 6.45) is -2.36. The molecule has 0 bridgehead atoms. The Labute approximate surface area is 105 Å². The van der Waals surface area contributed by atoms with Gasteiger partial charge in [0.15, 0.2) is 0 Å². The number of aryl methyl sites for hydroxylation is 1. The topological polar surface area (TPSA) is 38.7 Å². The van der Waals surface area contributed by atoms with E-state index < -0.39 is 18.0 Å². The zero-order valence-corrected chi connectivity index (χ0v) is 9.58. The van der Waals surface area contributed by atoms with Gasteiger partial charge >= 0.3 is 12.1 Å². The molecule has 0 N–H and O–H groups in total. The van der Waals surface area contributed by atoms with Crippen molar-refractivity contribution in [2.45, 2.75) is 13.1 Å². The van der Waals surface area contributed by atoms with Gasteiger partial charge in [0, 0.05) is 5.56 Å². The monoisotopic (exact) mass is 274 g/mol. The molecule has 1 aromatic rings. The SMILES string of the molecule is Cc1ccc(F)c2c1C=C/C2=[15N]/OC(=O)C(F)(F)F. The molecule has 0 heterocycles. The van der Waals surface area contributed by atoms with Crippen molar-refractivity contribution in [2.75, 3.05) is 0 Å². The van der Waals surface area contributed by atoms with Crippen LogP contribution in [0.3, 0.4) is 0 Å². The van der Waals surface area contributed by atoms with E-state index in [1.807, 2.05) is 0 Å². The summed E-state index contributed by atoms with van der Waals surface area (Å²) in [5.74, 6) is -3.10. The van der Waals surface area contributed by atoms with E-state index >= 15 is 0 Å². The Bertz CT molecular complexity index is 602. The molecule has 0 atom stereocenters. The zero-order chi connectivity index (χ0) is 14.2. The molecule has 3 nitrogen and oxygen atoms in total. The molecule has 0 saturated carbocycles. The van der Waals surface area contributed by atoms with Crippen LogP contribution < -0.4 is 0 Å². The third-order valence-corrected chi connectivity index (χ3v) is 2.54. The van der Waals surface area contributed by atoms with Gasteiger partial charge in [-0.3, -0.25) is 0 Å². The van der Waals surface area contributed by atoms with Gasteiger partial charge < -0.3 is 4.84 Å². The zero-order valence-electron chi connectivity index (χ0n) is 9.58. The molecule has 7 heteroatoms. The molecular weight excluding hydrogens is 267 g/mol. The second kappa shape index (κ2) is 4.49. The van der Waals surface area contributed by atoms with Crippen molar-refractivity contribution in [3.05, 3.63) is 40.7 Å². The van der Waals surface area contributed by atoms with Crippen molar-refractivity contribution in [2.24, 2.45) is 5.16 Å². The lowest BCUT2D eigenvalue weighted by atomic mass is 10.0. The van der Waals surface area contributed by atoms with E-state index in [9.17, 15) is 22.4 Å². The largest absolute Gasteiger partial charge is 0.493 e. The number of halogens is 4. The Hall–Kier alpha value is -2.18. The molecule has 1 aliphatic rings. The van der Waals surface area contributed by atoms with E-state index in [4.69, 9.17) is 0 Å². The minimum atomic E-state index is -5.14. The van der Waals surface area contributed by atoms with Crippen LogP contribution >= 0.6 is 0 Å². The number of rotatable bonds is 1. The Balaban J connectivity index is 2.31. The molecule has 0 spiro atoms. The lowest BCUT2D eigenvalue weighted by Gasteiger charge is -2.05. The molecule has 0 saturated heterocycles. The normalized spacial score (nSPS) is 15.7. The quantitative estimate of drug-likeness (QED) is 0.342. The molecule has 1 aliphatic carbocycles. The molecule has 0 aromatic heterocycles. The summed E-state index contributed by atoms with van der Waals surface area (Å²) in [6.45, 7) is 1.72. The molecule has 0 unspecified atom stereocenters. The maximum atomic E-state index is 13.6. The average molecular weight is 274 g/mol. The predicted octanol–water partition coefficient (Wildman–Crippen LogP) is 2.97. The first-order chi connectivity index (χ1) is 8.80. The highest BCUT2D eigenvalue weighted by molar-refractivity contribution is 6.17. The molecule has 0 radical (unpaired) electrons. The smallest absolute Gasteiger partial charge is 0.308 e. The van der Waals surface area contributed by atoms with E-state index in [-0.39, 0.29) is 11.3 Å². The van der Waals surface area contributed by atoms with Crippen LogP contribution in [0.15, 0.2) is 23.4 Å². The van der Waals surface area contributed by atoms with Crippen LogP contribution in [0.4, 0.5) is 17.6 Å². The van der Waals surface area contributed by atoms with E-state index in [0.717, 1.165) is 5.56 Å². The van der Waals surface area contributed by atoms with E-state index in [1.165, 1.54) is 24.3 Å². The minimum Gasteiger partial charge on any atom is -0.308 e. The summed E-state index contributed by atoms with van der Waals surface area (Å²) in [4.78, 5) is 14.3. The van der Waals surface area contributed by atoms with Crippen LogP contribution in [0.5, 0.6) is 0 Å². The number of carbonyl (C=O) groups excluding carboxylic acids is 1. The van der Waals surface area contributed by atoms with Crippen molar-refractivity contribution in [3.8, 4) is 0 Å². The fourth-order valence-corrected chi connectivity index (χ4v) is 1.64. The first-order valence-corrected chi connectivity index (χ1v) is 5.14. The van der Waals surface area contributed by atoms with E-state index in [0.29, 0.717) is 5.56 Å². The second-order valence-corrected chi connectivity index (χ2v) is 3.84. The van der Waals surface area contributed by atoms with Gasteiger partial charge in [-0.25, -0.2) is 9.18 Å². The Morgan fingerprint density at radius 3 is 2.58 bits per heavy atom. The standard InChI is InChI=1S/C12H7F4NO2/c1-6-2-4-8(13)10-7(6)3-5-9(10)17-19-11(18)12(14,15)16/h2-5H,1H3/b17-9-/i17+1. The van der Waals surface area contributed by atoms with Gasteiger partial charge in [-0.05, 0) is 30.2 Å². The summed E-state index contributed by atoms with van der Waals surface area (Å²) in [6, 6.07) is 2.70. The number of hydrogen-bond donors (Lipinski definition) is 0. The van der Waals surface area contributed by atoms with Gasteiger partial charge in [0.05, 0.1) is 0 Å². The molecule has 0 fully saturated rings. The van der Waals surface area contributed by atoms with E-state index in [2.05, 4.69) is 9.99 Å². The number of alkyl halides is 3. The summed E-state index contributed by atoms with van der Waals surface area (Å²) in [7, 11) is 0. The summed E-state index contributed by atoms with van der Waals surface area (Å²) < 4.78 is 49.4. The van der Waals surface area contributed by atoms with Crippen LogP contribution in [-0.4, -0.2) is 17.9 Å². The molecule has 0 aliphatic heterocycles. The van der Waals surface area contributed by atoms with Gasteiger partial charge in [0.1, 0.15) is 11.5 Å². The first kappa shape index (κ1) is 13.3. The third-order valence-electron chi connectivity index (χ3n) is 2.54. The molecule has 0 amide bonds. The van der Waals surface area contributed by atoms with Crippen LogP contribution in [0.2, 0.25) is 0 Å². The van der Waals surface area contributed by atoms with Crippen LogP contribution in [0, 0.1) is 12.7 Å². The Kier molecular flexibility index (Phi) is 3.13. The molecule has 1 aromatic carbocycles. The van der Waals surface area contributed by atoms with Crippen molar-refractivity contribution >= 4 is 17.8 Å². The predicted molar refractivity (Wildman–Crippen MR) is 58.9 cm³/mol. The Morgan fingerprint density at radius 2 is 1.95 bits per heavy atom. The highest BCUT2D eigenvalue weighted by atomic mass is 19.4. The lowest BCUT2D eigenvalue weighted by molar-refractivity contribution is -0.199. The summed E-state index contributed by atoms with van der Waals surface area (Å²) >= 11 is 0. The minimum absolute atomic E-state index is 0.0231. The number of carbonyl (C=O) groups is 1. The van der Waals surface area contributed by atoms with Gasteiger partial charge in [-0.15, -0.1) is 0 Å². The van der Waals surface area contributed by atoms with Crippen molar-refractivity contribution in [3.63, 3.8) is 0 Å². The van der Waals surface area contributed by atoms with Gasteiger partial charge in [-0.1, -0.05) is 17.3 Å². The van der Waals surface area contributed by atoms with Gasteiger partial charge in [0.2, 0.25) is 0 Å². The molecule has 19 heavy (non-hydrogen) atoms. The van der Waals surface area contributed by atoms with Crippen LogP contribution in [0.25, 0.3) is 6.08 Å². The summed E-state index contributed by atoms with van der Waals surface area (Å²) in [5, 5.41) is 3.05. The van der Waals surface area contributed by atoms with Crippen molar-refractivity contribution < 1.29 is 27.2 Å². The summed E-state index contributed by atoms with van der Waals surface area (Å²) in [5.41, 5.74) is 1.10. The van der Waals surface area contributed by atoms with Crippen LogP contribution in [-0.2, 0) is 9.63 Å². The van der Waals surface area contributed by atoms with Gasteiger partial charge in [0.25, 0.3) is 0 Å². The number of hydrogen-bond acceptors (Lipinski definition) is 3. The number of benzene rings is 1.